The summed E-state index contributed by atoms with van der Waals surface area (Å²) in [5.41, 5.74) is 0.664. The van der Waals surface area contributed by atoms with Gasteiger partial charge in [-0.05, 0) is 37.0 Å². The number of aromatic nitrogens is 4. The maximum Gasteiger partial charge on any atom is 0.323 e. The molecule has 2 saturated heterocycles. The zero-order chi connectivity index (χ0) is 22.5. The number of hydrogen-bond donors (Lipinski definition) is 1. The molecule has 32 heavy (non-hydrogen) atoms. The summed E-state index contributed by atoms with van der Waals surface area (Å²) < 4.78 is 10.9. The number of nitrogens with one attached hydrogen (secondary N) is 1. The van der Waals surface area contributed by atoms with Crippen LogP contribution < -0.4 is 10.1 Å². The summed E-state index contributed by atoms with van der Waals surface area (Å²) in [6.07, 6.45) is 5.72. The van der Waals surface area contributed by atoms with Gasteiger partial charge in [0.05, 0.1) is 24.5 Å². The molecular weight excluding hydrogens is 432 g/mol. The zero-order valence-electron chi connectivity index (χ0n) is 18.0. The van der Waals surface area contributed by atoms with E-state index < -0.39 is 5.54 Å². The van der Waals surface area contributed by atoms with Gasteiger partial charge in [0.1, 0.15) is 5.54 Å². The van der Waals surface area contributed by atoms with E-state index in [1.807, 2.05) is 4.90 Å². The first kappa shape index (κ1) is 20.7. The van der Waals surface area contributed by atoms with Crippen molar-refractivity contribution >= 4 is 23.3 Å². The smallest absolute Gasteiger partial charge is 0.323 e. The van der Waals surface area contributed by atoms with Crippen LogP contribution in [0.1, 0.15) is 38.0 Å². The number of hydrogen-bond acceptors (Lipinski definition) is 7. The summed E-state index contributed by atoms with van der Waals surface area (Å²) in [5.74, 6) is 2.47. The summed E-state index contributed by atoms with van der Waals surface area (Å²) >= 11 is 6.38. The fourth-order valence-corrected chi connectivity index (χ4v) is 5.15. The molecule has 3 aromatic rings. The SMILES string of the molecule is COc1cnc(-c2cc(NC(=O)N3[C@@H]4C[C@@H](C)CC3(c3nnc(C)o3)C4)ccc2Cl)nc1. The molecule has 2 fully saturated rings. The Bertz CT molecular complexity index is 1170. The standard InChI is InChI=1S/C22H23ClN6O3/c1-12-6-15-9-22(8-12,20-28-27-13(2)32-20)29(15)21(30)26-14-4-5-18(23)17(7-14)19-24-10-16(31-3)11-25-19/h4-5,7,10-12,15H,6,8-9H2,1-3H3,(H,26,30)/t12-,15-,22?/m1/s1. The van der Waals surface area contributed by atoms with Crippen molar-refractivity contribution in [2.24, 2.45) is 5.92 Å². The van der Waals surface area contributed by atoms with E-state index in [2.05, 4.69) is 32.4 Å². The highest BCUT2D eigenvalue weighted by Crippen LogP contribution is 2.55. The molecule has 4 heterocycles. The lowest BCUT2D eigenvalue weighted by Crippen LogP contribution is -2.70. The minimum absolute atomic E-state index is 0.141. The minimum atomic E-state index is -0.554. The van der Waals surface area contributed by atoms with Gasteiger partial charge in [-0.1, -0.05) is 18.5 Å². The third kappa shape index (κ3) is 3.37. The van der Waals surface area contributed by atoms with Crippen molar-refractivity contribution in [1.29, 1.82) is 0 Å². The van der Waals surface area contributed by atoms with Crippen molar-refractivity contribution in [3.63, 3.8) is 0 Å². The van der Waals surface area contributed by atoms with Gasteiger partial charge in [-0.2, -0.15) is 0 Å². The lowest BCUT2D eigenvalue weighted by atomic mass is 9.64. The molecule has 166 valence electrons. The molecule has 0 radical (unpaired) electrons. The fourth-order valence-electron chi connectivity index (χ4n) is 4.95. The highest BCUT2D eigenvalue weighted by molar-refractivity contribution is 6.33. The van der Waals surface area contributed by atoms with Gasteiger partial charge in [0, 0.05) is 30.6 Å². The number of carbonyl (C=O) groups is 1. The number of benzene rings is 1. The second-order valence-corrected chi connectivity index (χ2v) is 8.91. The van der Waals surface area contributed by atoms with Crippen LogP contribution in [0.3, 0.4) is 0 Å². The van der Waals surface area contributed by atoms with Gasteiger partial charge in [-0.15, -0.1) is 10.2 Å². The van der Waals surface area contributed by atoms with Crippen LogP contribution in [0.2, 0.25) is 5.02 Å². The summed E-state index contributed by atoms with van der Waals surface area (Å²) in [5, 5.41) is 11.7. The van der Waals surface area contributed by atoms with Gasteiger partial charge >= 0.3 is 6.03 Å². The van der Waals surface area contributed by atoms with E-state index in [1.165, 1.54) is 0 Å². The summed E-state index contributed by atoms with van der Waals surface area (Å²) in [4.78, 5) is 23.8. The van der Waals surface area contributed by atoms with E-state index in [0.29, 0.717) is 45.5 Å². The maximum absolute atomic E-state index is 13.4. The molecule has 2 bridgehead atoms. The number of carbonyl (C=O) groups excluding carboxylic acids is 1. The quantitative estimate of drug-likeness (QED) is 0.621. The molecule has 0 spiro atoms. The molecule has 1 unspecified atom stereocenters. The van der Waals surface area contributed by atoms with Crippen molar-refractivity contribution in [3.8, 4) is 17.1 Å². The molecule has 1 N–H and O–H groups in total. The Morgan fingerprint density at radius 1 is 1.28 bits per heavy atom. The number of nitrogens with zero attached hydrogens (tertiary/aromatic N) is 5. The highest BCUT2D eigenvalue weighted by Gasteiger charge is 2.62. The van der Waals surface area contributed by atoms with E-state index in [0.717, 1.165) is 19.3 Å². The monoisotopic (exact) mass is 454 g/mol. The Morgan fingerprint density at radius 2 is 2.06 bits per heavy atom. The van der Waals surface area contributed by atoms with Crippen molar-refractivity contribution in [3.05, 3.63) is 47.4 Å². The topological polar surface area (TPSA) is 106 Å². The summed E-state index contributed by atoms with van der Waals surface area (Å²) in [6.45, 7) is 3.95. The predicted molar refractivity (Wildman–Crippen MR) is 117 cm³/mol. The Hall–Kier alpha value is -3.20. The Morgan fingerprint density at radius 3 is 2.75 bits per heavy atom. The molecule has 2 aromatic heterocycles. The predicted octanol–water partition coefficient (Wildman–Crippen LogP) is 4.43. The molecule has 2 aliphatic rings. The largest absolute Gasteiger partial charge is 0.494 e. The van der Waals surface area contributed by atoms with Crippen molar-refractivity contribution in [2.45, 2.75) is 44.7 Å². The van der Waals surface area contributed by atoms with Gasteiger partial charge in [0.25, 0.3) is 0 Å². The van der Waals surface area contributed by atoms with Gasteiger partial charge in [0.15, 0.2) is 11.6 Å². The first-order valence-corrected chi connectivity index (χ1v) is 10.8. The number of methoxy groups -OCH3 is 1. The zero-order valence-corrected chi connectivity index (χ0v) is 18.8. The lowest BCUT2D eigenvalue weighted by Gasteiger charge is -2.61. The number of anilines is 1. The molecule has 3 atom stereocenters. The first-order chi connectivity index (χ1) is 15.4. The summed E-state index contributed by atoms with van der Waals surface area (Å²) in [7, 11) is 1.55. The molecule has 2 amide bonds. The Kier molecular flexibility index (Phi) is 5.00. The van der Waals surface area contributed by atoms with Gasteiger partial charge < -0.3 is 19.4 Å². The molecule has 1 aromatic carbocycles. The molecule has 9 nitrogen and oxygen atoms in total. The van der Waals surface area contributed by atoms with Crippen LogP contribution in [0.15, 0.2) is 35.0 Å². The fraction of sp³-hybridized carbons (Fsp3) is 0.409. The number of urea groups is 1. The minimum Gasteiger partial charge on any atom is -0.494 e. The molecule has 2 aliphatic heterocycles. The highest BCUT2D eigenvalue weighted by atomic mass is 35.5. The first-order valence-electron chi connectivity index (χ1n) is 10.5. The second kappa shape index (κ2) is 7.74. The van der Waals surface area contributed by atoms with Crippen molar-refractivity contribution in [2.75, 3.05) is 12.4 Å². The van der Waals surface area contributed by atoms with Crippen LogP contribution in [-0.2, 0) is 5.54 Å². The van der Waals surface area contributed by atoms with E-state index in [-0.39, 0.29) is 12.1 Å². The van der Waals surface area contributed by atoms with Gasteiger partial charge in [0.2, 0.25) is 11.8 Å². The van der Waals surface area contributed by atoms with Crippen LogP contribution in [0.4, 0.5) is 10.5 Å². The van der Waals surface area contributed by atoms with E-state index in [9.17, 15) is 4.79 Å². The lowest BCUT2D eigenvalue weighted by molar-refractivity contribution is -0.110. The molecule has 10 heteroatoms. The molecule has 0 aliphatic carbocycles. The number of fused-ring (bicyclic) bond motifs is 2. The van der Waals surface area contributed by atoms with E-state index in [4.69, 9.17) is 20.8 Å². The maximum atomic E-state index is 13.4. The number of piperidine rings is 1. The molecule has 5 rings (SSSR count). The average Bonchev–Trinajstić information content (AvgIpc) is 3.21. The molecule has 0 saturated carbocycles. The number of aryl methyl sites for hydroxylation is 1. The van der Waals surface area contributed by atoms with Crippen LogP contribution in [0.25, 0.3) is 11.4 Å². The van der Waals surface area contributed by atoms with E-state index >= 15 is 0 Å². The third-order valence-corrected chi connectivity index (χ3v) is 6.56. The number of ether oxygens (including phenoxy) is 1. The summed E-state index contributed by atoms with van der Waals surface area (Å²) in [6, 6.07) is 5.19. The van der Waals surface area contributed by atoms with Crippen LogP contribution >= 0.6 is 11.6 Å². The normalized spacial score (nSPS) is 24.1. The Labute approximate surface area is 190 Å². The third-order valence-electron chi connectivity index (χ3n) is 6.23. The number of halogens is 1. The Balaban J connectivity index is 1.41. The average molecular weight is 455 g/mol. The van der Waals surface area contributed by atoms with Crippen LogP contribution in [0.5, 0.6) is 5.75 Å². The van der Waals surface area contributed by atoms with Gasteiger partial charge in [-0.25, -0.2) is 14.8 Å². The van der Waals surface area contributed by atoms with Gasteiger partial charge in [-0.3, -0.25) is 0 Å². The van der Waals surface area contributed by atoms with Crippen LogP contribution in [-0.4, -0.2) is 44.2 Å². The molecular formula is C22H23ClN6O3. The number of rotatable bonds is 4. The van der Waals surface area contributed by atoms with E-state index in [1.54, 1.807) is 44.6 Å². The number of amides is 2. The van der Waals surface area contributed by atoms with Crippen molar-refractivity contribution < 1.29 is 13.9 Å². The van der Waals surface area contributed by atoms with Crippen molar-refractivity contribution in [1.82, 2.24) is 25.1 Å². The second-order valence-electron chi connectivity index (χ2n) is 8.50. The van der Waals surface area contributed by atoms with Crippen LogP contribution in [0, 0.1) is 12.8 Å².